The van der Waals surface area contributed by atoms with Gasteiger partial charge in [0.05, 0.1) is 19.0 Å². The van der Waals surface area contributed by atoms with Crippen LogP contribution in [-0.2, 0) is 0 Å². The zero-order valence-electron chi connectivity index (χ0n) is 12.1. The highest BCUT2D eigenvalue weighted by Gasteiger charge is 2.02. The topological polar surface area (TPSA) is 70.3 Å². The predicted octanol–water partition coefficient (Wildman–Crippen LogP) is 3.53. The lowest BCUT2D eigenvalue weighted by atomic mass is 10.1. The van der Waals surface area contributed by atoms with Crippen LogP contribution < -0.4 is 15.2 Å². The van der Waals surface area contributed by atoms with Crippen LogP contribution in [0.15, 0.2) is 60.9 Å². The summed E-state index contributed by atoms with van der Waals surface area (Å²) in [5.41, 5.74) is 8.26. The van der Waals surface area contributed by atoms with Crippen LogP contribution in [0.1, 0.15) is 0 Å². The van der Waals surface area contributed by atoms with Crippen LogP contribution in [-0.4, -0.2) is 17.1 Å². The summed E-state index contributed by atoms with van der Waals surface area (Å²) in [6, 6.07) is 15.0. The monoisotopic (exact) mass is 293 g/mol. The maximum absolute atomic E-state index is 5.66. The van der Waals surface area contributed by atoms with E-state index in [0.717, 1.165) is 11.1 Å². The second-order valence-corrected chi connectivity index (χ2v) is 4.65. The Labute approximate surface area is 128 Å². The van der Waals surface area contributed by atoms with Gasteiger partial charge in [0.25, 0.3) is 0 Å². The fourth-order valence-electron chi connectivity index (χ4n) is 1.96. The Morgan fingerprint density at radius 1 is 0.773 bits per heavy atom. The van der Waals surface area contributed by atoms with Crippen molar-refractivity contribution >= 4 is 5.69 Å². The fourth-order valence-corrected chi connectivity index (χ4v) is 1.96. The minimum atomic E-state index is 0.507. The number of nitrogens with two attached hydrogens (primary N) is 1. The van der Waals surface area contributed by atoms with Gasteiger partial charge in [0.2, 0.25) is 11.8 Å². The van der Waals surface area contributed by atoms with Crippen molar-refractivity contribution in [2.75, 3.05) is 12.8 Å². The Bertz CT molecular complexity index is 738. The summed E-state index contributed by atoms with van der Waals surface area (Å²) < 4.78 is 10.7. The lowest BCUT2D eigenvalue weighted by Gasteiger charge is -2.07. The number of hydrogen-bond acceptors (Lipinski definition) is 5. The number of ether oxygens (including phenoxy) is 2. The zero-order chi connectivity index (χ0) is 15.4. The number of rotatable bonds is 4. The number of anilines is 1. The third-order valence-electron chi connectivity index (χ3n) is 3.11. The Hall–Kier alpha value is -3.08. The third kappa shape index (κ3) is 3.15. The second kappa shape index (κ2) is 6.13. The van der Waals surface area contributed by atoms with Gasteiger partial charge in [0.15, 0.2) is 0 Å². The summed E-state index contributed by atoms with van der Waals surface area (Å²) in [4.78, 5) is 8.30. The van der Waals surface area contributed by atoms with Crippen molar-refractivity contribution in [3.63, 3.8) is 0 Å². The average Bonchev–Trinajstić information content (AvgIpc) is 2.58. The van der Waals surface area contributed by atoms with Gasteiger partial charge < -0.3 is 15.2 Å². The van der Waals surface area contributed by atoms with Crippen molar-refractivity contribution in [3.05, 3.63) is 60.9 Å². The van der Waals surface area contributed by atoms with E-state index in [-0.39, 0.29) is 0 Å². The number of nitrogens with zero attached hydrogens (tertiary/aromatic N) is 2. The van der Waals surface area contributed by atoms with Gasteiger partial charge >= 0.3 is 0 Å². The van der Waals surface area contributed by atoms with Crippen molar-refractivity contribution in [2.45, 2.75) is 0 Å². The Morgan fingerprint density at radius 3 is 2.05 bits per heavy atom. The van der Waals surface area contributed by atoms with Gasteiger partial charge in [-0.3, -0.25) is 0 Å². The summed E-state index contributed by atoms with van der Waals surface area (Å²) in [7, 11) is 1.60. The van der Waals surface area contributed by atoms with Crippen LogP contribution in [0.2, 0.25) is 0 Å². The number of hydrogen-bond donors (Lipinski definition) is 1. The molecule has 0 saturated heterocycles. The van der Waals surface area contributed by atoms with E-state index < -0.39 is 0 Å². The number of benzene rings is 1. The SMILES string of the molecule is COc1ccc(-c2ccc(Oc3ccc(N)cn3)cc2)cn1. The van der Waals surface area contributed by atoms with Gasteiger partial charge in [-0.15, -0.1) is 0 Å². The van der Waals surface area contributed by atoms with Crippen LogP contribution in [0.5, 0.6) is 17.5 Å². The number of methoxy groups -OCH3 is 1. The highest BCUT2D eigenvalue weighted by atomic mass is 16.5. The lowest BCUT2D eigenvalue weighted by Crippen LogP contribution is -1.90. The lowest BCUT2D eigenvalue weighted by molar-refractivity contribution is 0.398. The van der Waals surface area contributed by atoms with Crippen molar-refractivity contribution in [2.24, 2.45) is 0 Å². The normalized spacial score (nSPS) is 10.2. The van der Waals surface area contributed by atoms with Crippen molar-refractivity contribution in [3.8, 4) is 28.6 Å². The molecular formula is C17H15N3O2. The first kappa shape index (κ1) is 13.9. The summed E-state index contributed by atoms with van der Waals surface area (Å²) in [5.74, 6) is 1.81. The van der Waals surface area contributed by atoms with Crippen LogP contribution >= 0.6 is 0 Å². The van der Waals surface area contributed by atoms with Gasteiger partial charge in [0, 0.05) is 23.9 Å². The minimum Gasteiger partial charge on any atom is -0.481 e. The molecule has 0 spiro atoms. The maximum atomic E-state index is 5.66. The molecule has 0 unspecified atom stereocenters. The first-order valence-corrected chi connectivity index (χ1v) is 6.74. The van der Waals surface area contributed by atoms with Crippen LogP contribution in [0.4, 0.5) is 5.69 Å². The second-order valence-electron chi connectivity index (χ2n) is 4.65. The third-order valence-corrected chi connectivity index (χ3v) is 3.11. The molecule has 0 aliphatic heterocycles. The summed E-state index contributed by atoms with van der Waals surface area (Å²) >= 11 is 0. The van der Waals surface area contributed by atoms with Gasteiger partial charge in [0.1, 0.15) is 5.75 Å². The van der Waals surface area contributed by atoms with Crippen LogP contribution in [0, 0.1) is 0 Å². The molecule has 5 nitrogen and oxygen atoms in total. The Morgan fingerprint density at radius 2 is 1.45 bits per heavy atom. The first-order chi connectivity index (χ1) is 10.7. The van der Waals surface area contributed by atoms with Crippen molar-refractivity contribution in [1.82, 2.24) is 9.97 Å². The van der Waals surface area contributed by atoms with E-state index in [0.29, 0.717) is 23.2 Å². The zero-order valence-corrected chi connectivity index (χ0v) is 12.1. The molecule has 0 bridgehead atoms. The number of nitrogen functional groups attached to an aromatic ring is 1. The Balaban J connectivity index is 1.75. The van der Waals surface area contributed by atoms with Crippen LogP contribution in [0.25, 0.3) is 11.1 Å². The molecule has 1 aromatic carbocycles. The van der Waals surface area contributed by atoms with E-state index in [1.54, 1.807) is 31.6 Å². The van der Waals surface area contributed by atoms with Gasteiger partial charge in [-0.2, -0.15) is 0 Å². The summed E-state index contributed by atoms with van der Waals surface area (Å²) in [6.07, 6.45) is 3.34. The smallest absolute Gasteiger partial charge is 0.219 e. The molecule has 2 N–H and O–H groups in total. The standard InChI is InChI=1S/C17H15N3O2/c1-21-16-8-4-13(10-19-16)12-2-6-15(7-3-12)22-17-9-5-14(18)11-20-17/h2-11H,18H2,1H3. The molecule has 2 heterocycles. The molecule has 0 amide bonds. The molecule has 3 aromatic rings. The van der Waals surface area contributed by atoms with Crippen molar-refractivity contribution < 1.29 is 9.47 Å². The molecule has 22 heavy (non-hydrogen) atoms. The number of pyridine rings is 2. The van der Waals surface area contributed by atoms with E-state index in [1.807, 2.05) is 36.4 Å². The molecule has 0 radical (unpaired) electrons. The molecule has 3 rings (SSSR count). The highest BCUT2D eigenvalue weighted by Crippen LogP contribution is 2.25. The summed E-state index contributed by atoms with van der Waals surface area (Å²) in [5, 5.41) is 0. The Kier molecular flexibility index (Phi) is 3.87. The molecule has 0 atom stereocenters. The maximum Gasteiger partial charge on any atom is 0.219 e. The number of aromatic nitrogens is 2. The molecule has 2 aromatic heterocycles. The molecule has 0 fully saturated rings. The predicted molar refractivity (Wildman–Crippen MR) is 84.9 cm³/mol. The largest absolute Gasteiger partial charge is 0.481 e. The molecule has 5 heteroatoms. The first-order valence-electron chi connectivity index (χ1n) is 6.74. The highest BCUT2D eigenvalue weighted by molar-refractivity contribution is 5.63. The minimum absolute atomic E-state index is 0.507. The molecule has 0 saturated carbocycles. The van der Waals surface area contributed by atoms with Crippen LogP contribution in [0.3, 0.4) is 0 Å². The van der Waals surface area contributed by atoms with Gasteiger partial charge in [-0.05, 0) is 29.8 Å². The van der Waals surface area contributed by atoms with E-state index in [1.165, 1.54) is 0 Å². The van der Waals surface area contributed by atoms with Gasteiger partial charge in [-0.25, -0.2) is 9.97 Å². The van der Waals surface area contributed by atoms with Gasteiger partial charge in [-0.1, -0.05) is 12.1 Å². The fraction of sp³-hybridized carbons (Fsp3) is 0.0588. The molecular weight excluding hydrogens is 278 g/mol. The summed E-state index contributed by atoms with van der Waals surface area (Å²) in [6.45, 7) is 0. The molecule has 0 aliphatic carbocycles. The average molecular weight is 293 g/mol. The van der Waals surface area contributed by atoms with E-state index >= 15 is 0 Å². The van der Waals surface area contributed by atoms with E-state index in [4.69, 9.17) is 15.2 Å². The molecule has 0 aliphatic rings. The quantitative estimate of drug-likeness (QED) is 0.797. The van der Waals surface area contributed by atoms with Crippen molar-refractivity contribution in [1.29, 1.82) is 0 Å². The molecule has 110 valence electrons. The van der Waals surface area contributed by atoms with E-state index in [2.05, 4.69) is 9.97 Å². The van der Waals surface area contributed by atoms with E-state index in [9.17, 15) is 0 Å².